The zero-order valence-corrected chi connectivity index (χ0v) is 10.9. The first-order chi connectivity index (χ1) is 7.58. The van der Waals surface area contributed by atoms with Gasteiger partial charge in [0.25, 0.3) is 0 Å². The topological polar surface area (TPSA) is 56.3 Å². The summed E-state index contributed by atoms with van der Waals surface area (Å²) in [5, 5.41) is 0.639. The van der Waals surface area contributed by atoms with E-state index >= 15 is 0 Å². The number of hydrogen-bond acceptors (Lipinski definition) is 6. The minimum atomic E-state index is -0.373. The summed E-state index contributed by atoms with van der Waals surface area (Å²) in [6, 6.07) is 0. The Morgan fingerprint density at radius 3 is 2.75 bits per heavy atom. The van der Waals surface area contributed by atoms with E-state index in [-0.39, 0.29) is 23.9 Å². The van der Waals surface area contributed by atoms with Crippen LogP contribution in [0.1, 0.15) is 27.3 Å². The van der Waals surface area contributed by atoms with Crippen LogP contribution in [-0.4, -0.2) is 29.1 Å². The van der Waals surface area contributed by atoms with Crippen LogP contribution in [0.25, 0.3) is 0 Å². The minimum absolute atomic E-state index is 0.00695. The fourth-order valence-electron chi connectivity index (χ4n) is 1.14. The van der Waals surface area contributed by atoms with E-state index < -0.39 is 0 Å². The quantitative estimate of drug-likeness (QED) is 0.645. The highest BCUT2D eigenvalue weighted by molar-refractivity contribution is 7.81. The van der Waals surface area contributed by atoms with Crippen molar-refractivity contribution in [2.75, 3.05) is 12.4 Å². The Bertz CT molecular complexity index is 401. The molecule has 0 aliphatic rings. The number of aromatic nitrogens is 1. The highest BCUT2D eigenvalue weighted by Crippen LogP contribution is 2.19. The number of Topliss-reactive ketones (excluding diaryl/α,β-unsaturated/α-hetero) is 1. The number of carbonyl (C=O) groups is 2. The molecule has 0 atom stereocenters. The molecule has 1 aromatic heterocycles. The van der Waals surface area contributed by atoms with Crippen molar-refractivity contribution < 1.29 is 14.3 Å². The van der Waals surface area contributed by atoms with Gasteiger partial charge in [0, 0.05) is 5.75 Å². The summed E-state index contributed by atoms with van der Waals surface area (Å²) in [5.74, 6) is -0.192. The Morgan fingerprint density at radius 2 is 2.19 bits per heavy atom. The molecule has 0 radical (unpaired) electrons. The molecule has 0 aromatic carbocycles. The van der Waals surface area contributed by atoms with Crippen molar-refractivity contribution in [1.29, 1.82) is 0 Å². The Kier molecular flexibility index (Phi) is 4.95. The van der Waals surface area contributed by atoms with Crippen LogP contribution >= 0.6 is 24.0 Å². The van der Waals surface area contributed by atoms with E-state index in [1.807, 2.05) is 0 Å². The SMILES string of the molecule is CCOC(=O)c1sc(CC(=O)CS)nc1C. The van der Waals surface area contributed by atoms with Crippen LogP contribution in [0.4, 0.5) is 0 Å². The van der Waals surface area contributed by atoms with Crippen LogP contribution < -0.4 is 0 Å². The van der Waals surface area contributed by atoms with E-state index in [0.717, 1.165) is 0 Å². The molecule has 0 amide bonds. The Hall–Kier alpha value is -0.880. The van der Waals surface area contributed by atoms with Crippen molar-refractivity contribution in [1.82, 2.24) is 4.98 Å². The maximum atomic E-state index is 11.5. The van der Waals surface area contributed by atoms with Gasteiger partial charge in [0.05, 0.1) is 18.7 Å². The highest BCUT2D eigenvalue weighted by Gasteiger charge is 2.17. The Morgan fingerprint density at radius 1 is 1.50 bits per heavy atom. The van der Waals surface area contributed by atoms with Crippen LogP contribution in [0.5, 0.6) is 0 Å². The molecule has 0 bridgehead atoms. The lowest BCUT2D eigenvalue weighted by Crippen LogP contribution is -2.03. The molecule has 0 saturated heterocycles. The van der Waals surface area contributed by atoms with E-state index in [9.17, 15) is 9.59 Å². The van der Waals surface area contributed by atoms with Gasteiger partial charge in [-0.1, -0.05) is 0 Å². The number of hydrogen-bond donors (Lipinski definition) is 1. The first kappa shape index (κ1) is 13.2. The normalized spacial score (nSPS) is 10.2. The molecule has 0 spiro atoms. The van der Waals surface area contributed by atoms with Crippen molar-refractivity contribution in [2.45, 2.75) is 20.3 Å². The fourth-order valence-corrected chi connectivity index (χ4v) is 2.24. The summed E-state index contributed by atoms with van der Waals surface area (Å²) < 4.78 is 4.88. The van der Waals surface area contributed by atoms with Crippen molar-refractivity contribution in [2.24, 2.45) is 0 Å². The molecule has 1 rings (SSSR count). The number of ketones is 1. The van der Waals surface area contributed by atoms with Gasteiger partial charge in [-0.3, -0.25) is 4.79 Å². The predicted molar refractivity (Wildman–Crippen MR) is 65.4 cm³/mol. The average molecular weight is 259 g/mol. The van der Waals surface area contributed by atoms with Gasteiger partial charge in [0.1, 0.15) is 15.7 Å². The van der Waals surface area contributed by atoms with E-state index in [0.29, 0.717) is 22.2 Å². The Balaban J connectivity index is 2.81. The van der Waals surface area contributed by atoms with Gasteiger partial charge in [-0.15, -0.1) is 11.3 Å². The standard InChI is InChI=1S/C10H13NO3S2/c1-3-14-10(13)9-6(2)11-8(16-9)4-7(12)5-15/h15H,3-5H2,1-2H3. The molecule has 1 heterocycles. The monoisotopic (exact) mass is 259 g/mol. The van der Waals surface area contributed by atoms with E-state index in [1.165, 1.54) is 11.3 Å². The maximum Gasteiger partial charge on any atom is 0.350 e. The lowest BCUT2D eigenvalue weighted by molar-refractivity contribution is -0.115. The van der Waals surface area contributed by atoms with Gasteiger partial charge in [-0.25, -0.2) is 9.78 Å². The third-order valence-corrected chi connectivity index (χ3v) is 3.32. The number of carbonyl (C=O) groups excluding carboxylic acids is 2. The largest absolute Gasteiger partial charge is 0.462 e. The lowest BCUT2D eigenvalue weighted by atomic mass is 10.3. The van der Waals surface area contributed by atoms with Crippen molar-refractivity contribution in [3.63, 3.8) is 0 Å². The van der Waals surface area contributed by atoms with Gasteiger partial charge in [0.15, 0.2) is 0 Å². The Labute approximate surface area is 103 Å². The molecular weight excluding hydrogens is 246 g/mol. The number of aryl methyl sites for hydroxylation is 1. The molecule has 6 heteroatoms. The number of thiazole rings is 1. The molecule has 88 valence electrons. The molecule has 0 fully saturated rings. The second kappa shape index (κ2) is 6.00. The van der Waals surface area contributed by atoms with Gasteiger partial charge in [0.2, 0.25) is 0 Å². The van der Waals surface area contributed by atoms with Gasteiger partial charge >= 0.3 is 5.97 Å². The van der Waals surface area contributed by atoms with E-state index in [2.05, 4.69) is 17.6 Å². The lowest BCUT2D eigenvalue weighted by Gasteiger charge is -1.97. The molecule has 0 saturated carbocycles. The number of rotatable bonds is 5. The highest BCUT2D eigenvalue weighted by atomic mass is 32.1. The van der Waals surface area contributed by atoms with Gasteiger partial charge in [-0.2, -0.15) is 12.6 Å². The van der Waals surface area contributed by atoms with Gasteiger partial charge in [-0.05, 0) is 13.8 Å². The molecule has 0 N–H and O–H groups in total. The maximum absolute atomic E-state index is 11.5. The first-order valence-corrected chi connectivity index (χ1v) is 6.29. The predicted octanol–water partition coefficient (Wildman–Crippen LogP) is 1.67. The van der Waals surface area contributed by atoms with Crippen LogP contribution in [0.15, 0.2) is 0 Å². The summed E-state index contributed by atoms with van der Waals surface area (Å²) in [4.78, 5) is 27.3. The van der Waals surface area contributed by atoms with E-state index in [4.69, 9.17) is 4.74 Å². The van der Waals surface area contributed by atoms with E-state index in [1.54, 1.807) is 13.8 Å². The van der Waals surface area contributed by atoms with Crippen LogP contribution in [0.3, 0.4) is 0 Å². The van der Waals surface area contributed by atoms with Crippen LogP contribution in [0, 0.1) is 6.92 Å². The van der Waals surface area contributed by atoms with Gasteiger partial charge < -0.3 is 4.74 Å². The average Bonchev–Trinajstić information content (AvgIpc) is 2.59. The molecule has 16 heavy (non-hydrogen) atoms. The molecule has 1 aromatic rings. The number of thiol groups is 1. The molecule has 0 aliphatic heterocycles. The first-order valence-electron chi connectivity index (χ1n) is 4.84. The summed E-state index contributed by atoms with van der Waals surface area (Å²) in [6.45, 7) is 3.82. The summed E-state index contributed by atoms with van der Waals surface area (Å²) in [5.41, 5.74) is 0.616. The fraction of sp³-hybridized carbons (Fsp3) is 0.500. The molecule has 4 nitrogen and oxygen atoms in total. The zero-order chi connectivity index (χ0) is 12.1. The number of nitrogens with zero attached hydrogens (tertiary/aromatic N) is 1. The van der Waals surface area contributed by atoms with Crippen molar-refractivity contribution in [3.8, 4) is 0 Å². The summed E-state index contributed by atoms with van der Waals surface area (Å²) in [6.07, 6.45) is 0.231. The summed E-state index contributed by atoms with van der Waals surface area (Å²) >= 11 is 5.10. The second-order valence-corrected chi connectivity index (χ2v) is 4.52. The third-order valence-electron chi connectivity index (χ3n) is 1.83. The molecule has 0 aliphatic carbocycles. The smallest absolute Gasteiger partial charge is 0.350 e. The molecule has 0 unspecified atom stereocenters. The number of ether oxygens (including phenoxy) is 1. The summed E-state index contributed by atoms with van der Waals surface area (Å²) in [7, 11) is 0. The minimum Gasteiger partial charge on any atom is -0.462 e. The van der Waals surface area contributed by atoms with Crippen molar-refractivity contribution in [3.05, 3.63) is 15.6 Å². The van der Waals surface area contributed by atoms with Crippen molar-refractivity contribution >= 4 is 35.7 Å². The second-order valence-electron chi connectivity index (χ2n) is 3.12. The number of esters is 1. The van der Waals surface area contributed by atoms with Crippen LogP contribution in [-0.2, 0) is 16.0 Å². The van der Waals surface area contributed by atoms with Crippen LogP contribution in [0.2, 0.25) is 0 Å². The third kappa shape index (κ3) is 3.31. The molecular formula is C10H13NO3S2. The zero-order valence-electron chi connectivity index (χ0n) is 9.15.